The van der Waals surface area contributed by atoms with Crippen LogP contribution >= 0.6 is 11.8 Å². The Bertz CT molecular complexity index is 622. The van der Waals surface area contributed by atoms with Crippen LogP contribution in [0.5, 0.6) is 5.75 Å². The van der Waals surface area contributed by atoms with Crippen LogP contribution in [0.25, 0.3) is 0 Å². The highest BCUT2D eigenvalue weighted by molar-refractivity contribution is 7.99. The quantitative estimate of drug-likeness (QED) is 0.617. The van der Waals surface area contributed by atoms with E-state index in [9.17, 15) is 4.79 Å². The van der Waals surface area contributed by atoms with Crippen LogP contribution in [0.4, 0.5) is 0 Å². The minimum atomic E-state index is 0.740. The van der Waals surface area contributed by atoms with E-state index in [0.717, 1.165) is 47.7 Å². The molecule has 0 saturated carbocycles. The molecule has 3 rings (SSSR count). The fourth-order valence-corrected chi connectivity index (χ4v) is 3.33. The molecule has 2 aromatic carbocycles. The second-order valence-electron chi connectivity index (χ2n) is 4.83. The smallest absolute Gasteiger partial charge is 0.150 e. The van der Waals surface area contributed by atoms with Crippen LogP contribution < -0.4 is 4.74 Å². The van der Waals surface area contributed by atoms with Crippen LogP contribution in [0.1, 0.15) is 21.5 Å². The number of hydrogen-bond acceptors (Lipinski definition) is 3. The molecule has 0 aromatic heterocycles. The van der Waals surface area contributed by atoms with Gasteiger partial charge in [0.15, 0.2) is 0 Å². The third kappa shape index (κ3) is 3.05. The van der Waals surface area contributed by atoms with E-state index in [2.05, 4.69) is 18.2 Å². The molecular weight excluding hydrogens is 268 g/mol. The lowest BCUT2D eigenvalue weighted by Gasteiger charge is -2.05. The van der Waals surface area contributed by atoms with Gasteiger partial charge in [-0.05, 0) is 35.7 Å². The van der Waals surface area contributed by atoms with Gasteiger partial charge in [0.2, 0.25) is 0 Å². The van der Waals surface area contributed by atoms with Crippen LogP contribution in [-0.2, 0) is 12.8 Å². The first-order valence-corrected chi connectivity index (χ1v) is 7.76. The van der Waals surface area contributed by atoms with E-state index >= 15 is 0 Å². The van der Waals surface area contributed by atoms with E-state index in [1.54, 1.807) is 11.8 Å². The summed E-state index contributed by atoms with van der Waals surface area (Å²) in [4.78, 5) is 11.9. The number of ether oxygens (including phenoxy) is 1. The van der Waals surface area contributed by atoms with Gasteiger partial charge in [-0.3, -0.25) is 4.79 Å². The maximum Gasteiger partial charge on any atom is 0.150 e. The Balaban J connectivity index is 1.58. The van der Waals surface area contributed by atoms with E-state index < -0.39 is 0 Å². The normalized spacial score (nSPS) is 12.8. The second kappa shape index (κ2) is 6.14. The Hall–Kier alpha value is -1.74. The van der Waals surface area contributed by atoms with Crippen molar-refractivity contribution in [3.8, 4) is 5.75 Å². The van der Waals surface area contributed by atoms with E-state index in [1.165, 1.54) is 11.1 Å². The molecule has 0 aliphatic carbocycles. The molecule has 0 N–H and O–H groups in total. The van der Waals surface area contributed by atoms with Crippen molar-refractivity contribution >= 4 is 18.0 Å². The highest BCUT2D eigenvalue weighted by Crippen LogP contribution is 2.27. The van der Waals surface area contributed by atoms with Crippen molar-refractivity contribution < 1.29 is 9.53 Å². The first-order valence-electron chi connectivity index (χ1n) is 6.78. The lowest BCUT2D eigenvalue weighted by Crippen LogP contribution is -1.90. The SMILES string of the molecule is O=Cc1cccc(SCCc2ccc3c(c2)CCO3)c1. The van der Waals surface area contributed by atoms with Crippen LogP contribution in [0, 0.1) is 0 Å². The fourth-order valence-electron chi connectivity index (χ4n) is 2.36. The van der Waals surface area contributed by atoms with Crippen molar-refractivity contribution in [1.29, 1.82) is 0 Å². The molecule has 0 atom stereocenters. The Morgan fingerprint density at radius 3 is 3.05 bits per heavy atom. The third-order valence-corrected chi connectivity index (χ3v) is 4.40. The van der Waals surface area contributed by atoms with Gasteiger partial charge in [0, 0.05) is 22.6 Å². The summed E-state index contributed by atoms with van der Waals surface area (Å²) < 4.78 is 5.51. The van der Waals surface area contributed by atoms with Crippen molar-refractivity contribution in [2.45, 2.75) is 17.7 Å². The summed E-state index contributed by atoms with van der Waals surface area (Å²) in [5, 5.41) is 0. The van der Waals surface area contributed by atoms with Gasteiger partial charge in [0.25, 0.3) is 0 Å². The predicted molar refractivity (Wildman–Crippen MR) is 81.9 cm³/mol. The number of benzene rings is 2. The number of rotatable bonds is 5. The van der Waals surface area contributed by atoms with Gasteiger partial charge in [-0.1, -0.05) is 24.3 Å². The molecule has 2 nitrogen and oxygen atoms in total. The largest absolute Gasteiger partial charge is 0.493 e. The van der Waals surface area contributed by atoms with Crippen molar-refractivity contribution in [3.05, 3.63) is 59.2 Å². The van der Waals surface area contributed by atoms with Crippen molar-refractivity contribution in [2.75, 3.05) is 12.4 Å². The topological polar surface area (TPSA) is 26.3 Å². The molecule has 2 aromatic rings. The summed E-state index contributed by atoms with van der Waals surface area (Å²) in [6, 6.07) is 14.2. The molecule has 0 unspecified atom stereocenters. The van der Waals surface area contributed by atoms with Gasteiger partial charge in [-0.25, -0.2) is 0 Å². The van der Waals surface area contributed by atoms with Crippen molar-refractivity contribution in [2.24, 2.45) is 0 Å². The number of hydrogen-bond donors (Lipinski definition) is 0. The Morgan fingerprint density at radius 1 is 1.20 bits per heavy atom. The molecule has 0 bridgehead atoms. The first kappa shape index (κ1) is 13.3. The molecule has 102 valence electrons. The number of carbonyl (C=O) groups excluding carboxylic acids is 1. The Morgan fingerprint density at radius 2 is 2.15 bits per heavy atom. The maximum atomic E-state index is 10.7. The molecule has 1 heterocycles. The molecule has 0 saturated heterocycles. The molecule has 3 heteroatoms. The monoisotopic (exact) mass is 284 g/mol. The molecular formula is C17H16O2S. The fraction of sp³-hybridized carbons (Fsp3) is 0.235. The summed E-state index contributed by atoms with van der Waals surface area (Å²) in [6.45, 7) is 0.812. The lowest BCUT2D eigenvalue weighted by molar-refractivity contribution is 0.112. The van der Waals surface area contributed by atoms with Crippen molar-refractivity contribution in [1.82, 2.24) is 0 Å². The molecule has 1 aliphatic heterocycles. The van der Waals surface area contributed by atoms with Crippen molar-refractivity contribution in [3.63, 3.8) is 0 Å². The predicted octanol–water partition coefficient (Wildman–Crippen LogP) is 3.77. The summed E-state index contributed by atoms with van der Waals surface area (Å²) in [6.07, 6.45) is 2.95. The number of aryl methyl sites for hydroxylation is 1. The van der Waals surface area contributed by atoms with E-state index in [4.69, 9.17) is 4.74 Å². The third-order valence-electron chi connectivity index (χ3n) is 3.41. The average molecular weight is 284 g/mol. The Labute approximate surface area is 123 Å². The number of aldehydes is 1. The van der Waals surface area contributed by atoms with Gasteiger partial charge in [0.05, 0.1) is 6.61 Å². The van der Waals surface area contributed by atoms with Crippen LogP contribution in [0.3, 0.4) is 0 Å². The van der Waals surface area contributed by atoms with E-state index in [0.29, 0.717) is 0 Å². The van der Waals surface area contributed by atoms with Gasteiger partial charge >= 0.3 is 0 Å². The molecule has 1 aliphatic rings. The zero-order chi connectivity index (χ0) is 13.8. The number of fused-ring (bicyclic) bond motifs is 1. The molecule has 0 amide bonds. The minimum Gasteiger partial charge on any atom is -0.493 e. The molecule has 0 radical (unpaired) electrons. The van der Waals surface area contributed by atoms with E-state index in [1.807, 2.05) is 24.3 Å². The summed E-state index contributed by atoms with van der Waals surface area (Å²) in [5.41, 5.74) is 3.42. The van der Waals surface area contributed by atoms with Crippen LogP contribution in [0.2, 0.25) is 0 Å². The van der Waals surface area contributed by atoms with Gasteiger partial charge in [0.1, 0.15) is 12.0 Å². The summed E-state index contributed by atoms with van der Waals surface area (Å²) in [7, 11) is 0. The van der Waals surface area contributed by atoms with Crippen LogP contribution in [-0.4, -0.2) is 18.6 Å². The van der Waals surface area contributed by atoms with Gasteiger partial charge in [-0.15, -0.1) is 11.8 Å². The first-order chi connectivity index (χ1) is 9.85. The average Bonchev–Trinajstić information content (AvgIpc) is 2.95. The Kier molecular flexibility index (Phi) is 4.07. The van der Waals surface area contributed by atoms with E-state index in [-0.39, 0.29) is 0 Å². The van der Waals surface area contributed by atoms with Gasteiger partial charge < -0.3 is 4.74 Å². The summed E-state index contributed by atoms with van der Waals surface area (Å²) in [5.74, 6) is 2.06. The lowest BCUT2D eigenvalue weighted by atomic mass is 10.1. The molecule has 0 spiro atoms. The second-order valence-corrected chi connectivity index (χ2v) is 6.00. The number of carbonyl (C=O) groups is 1. The highest BCUT2D eigenvalue weighted by Gasteiger charge is 2.11. The van der Waals surface area contributed by atoms with Crippen LogP contribution in [0.15, 0.2) is 47.4 Å². The zero-order valence-corrected chi connectivity index (χ0v) is 12.0. The number of thioether (sulfide) groups is 1. The summed E-state index contributed by atoms with van der Waals surface area (Å²) >= 11 is 1.79. The highest BCUT2D eigenvalue weighted by atomic mass is 32.2. The van der Waals surface area contributed by atoms with Gasteiger partial charge in [-0.2, -0.15) is 0 Å². The maximum absolute atomic E-state index is 10.7. The standard InChI is InChI=1S/C17H16O2S/c18-12-14-2-1-3-16(11-14)20-9-7-13-4-5-17-15(10-13)6-8-19-17/h1-5,10-12H,6-9H2. The zero-order valence-electron chi connectivity index (χ0n) is 11.2. The minimum absolute atomic E-state index is 0.740. The molecule has 0 fully saturated rings. The molecule has 20 heavy (non-hydrogen) atoms.